The number of nitrogens with zero attached hydrogens (tertiary/aromatic N) is 3. The summed E-state index contributed by atoms with van der Waals surface area (Å²) < 4.78 is 0. The third-order valence-corrected chi connectivity index (χ3v) is 2.65. The Morgan fingerprint density at radius 2 is 1.33 bits per heavy atom. The van der Waals surface area contributed by atoms with Gasteiger partial charge in [0.25, 0.3) is 0 Å². The molecule has 0 saturated carbocycles. The normalized spacial score (nSPS) is 10.4. The van der Waals surface area contributed by atoms with Gasteiger partial charge in [-0.05, 0) is 0 Å². The van der Waals surface area contributed by atoms with Gasteiger partial charge in [-0.2, -0.15) is 0 Å². The van der Waals surface area contributed by atoms with Crippen molar-refractivity contribution in [1.29, 1.82) is 0 Å². The lowest BCUT2D eigenvalue weighted by Gasteiger charge is -1.96. The second-order valence-electron chi connectivity index (χ2n) is 3.88. The SMILES string of the molecule is On1nc(-c2ccccc2)nc1-c1ccccc1. The van der Waals surface area contributed by atoms with Gasteiger partial charge in [-0.25, -0.2) is 4.98 Å². The number of rotatable bonds is 2. The number of hydrogen-bond donors (Lipinski definition) is 1. The monoisotopic (exact) mass is 237 g/mol. The molecule has 0 fully saturated rings. The van der Waals surface area contributed by atoms with Gasteiger partial charge in [-0.15, -0.1) is 5.10 Å². The molecule has 1 heterocycles. The molecule has 0 atom stereocenters. The van der Waals surface area contributed by atoms with Gasteiger partial charge in [-0.3, -0.25) is 0 Å². The molecule has 88 valence electrons. The molecule has 4 heteroatoms. The van der Waals surface area contributed by atoms with Crippen molar-refractivity contribution in [3.8, 4) is 22.8 Å². The van der Waals surface area contributed by atoms with E-state index in [9.17, 15) is 5.21 Å². The first-order chi connectivity index (χ1) is 8.84. The molecule has 0 radical (unpaired) electrons. The summed E-state index contributed by atoms with van der Waals surface area (Å²) in [7, 11) is 0. The number of aromatic nitrogens is 3. The highest BCUT2D eigenvalue weighted by Crippen LogP contribution is 2.20. The highest BCUT2D eigenvalue weighted by atomic mass is 16.5. The van der Waals surface area contributed by atoms with Crippen molar-refractivity contribution >= 4 is 0 Å². The van der Waals surface area contributed by atoms with E-state index in [2.05, 4.69) is 10.1 Å². The molecule has 3 aromatic rings. The van der Waals surface area contributed by atoms with Crippen LogP contribution >= 0.6 is 0 Å². The highest BCUT2D eigenvalue weighted by Gasteiger charge is 2.11. The molecule has 0 aliphatic carbocycles. The van der Waals surface area contributed by atoms with Crippen LogP contribution < -0.4 is 0 Å². The summed E-state index contributed by atoms with van der Waals surface area (Å²) in [6, 6.07) is 19.0. The molecular formula is C14H11N3O. The van der Waals surface area contributed by atoms with E-state index in [0.29, 0.717) is 11.6 Å². The minimum absolute atomic E-state index is 0.439. The van der Waals surface area contributed by atoms with Crippen molar-refractivity contribution < 1.29 is 5.21 Å². The van der Waals surface area contributed by atoms with Crippen LogP contribution in [0, 0.1) is 0 Å². The Morgan fingerprint density at radius 1 is 0.778 bits per heavy atom. The van der Waals surface area contributed by atoms with Gasteiger partial charge in [0.2, 0.25) is 0 Å². The maximum atomic E-state index is 9.79. The van der Waals surface area contributed by atoms with E-state index in [4.69, 9.17) is 0 Å². The zero-order chi connectivity index (χ0) is 12.4. The van der Waals surface area contributed by atoms with Crippen molar-refractivity contribution in [2.75, 3.05) is 0 Å². The standard InChI is InChI=1S/C14H11N3O/c18-17-14(12-9-5-2-6-10-12)15-13(16-17)11-7-3-1-4-8-11/h1-10,18H. The van der Waals surface area contributed by atoms with Crippen LogP contribution in [-0.4, -0.2) is 20.1 Å². The topological polar surface area (TPSA) is 50.9 Å². The molecule has 2 aromatic carbocycles. The minimum atomic E-state index is 0.439. The Bertz CT molecular complexity index is 647. The molecule has 3 rings (SSSR count). The largest absolute Gasteiger partial charge is 0.410 e. The van der Waals surface area contributed by atoms with Crippen LogP contribution in [0.5, 0.6) is 0 Å². The molecule has 0 aliphatic heterocycles. The maximum absolute atomic E-state index is 9.79. The molecule has 0 saturated heterocycles. The lowest BCUT2D eigenvalue weighted by Crippen LogP contribution is -1.95. The number of benzene rings is 2. The van der Waals surface area contributed by atoms with Gasteiger partial charge < -0.3 is 5.21 Å². The van der Waals surface area contributed by atoms with E-state index in [1.807, 2.05) is 60.7 Å². The predicted molar refractivity (Wildman–Crippen MR) is 68.1 cm³/mol. The Morgan fingerprint density at radius 3 is 1.94 bits per heavy atom. The van der Waals surface area contributed by atoms with Crippen LogP contribution in [0.1, 0.15) is 0 Å². The quantitative estimate of drug-likeness (QED) is 0.697. The van der Waals surface area contributed by atoms with Crippen molar-refractivity contribution in [3.05, 3.63) is 60.7 Å². The molecule has 4 nitrogen and oxygen atoms in total. The Labute approximate surface area is 104 Å². The lowest BCUT2D eigenvalue weighted by molar-refractivity contribution is 0.153. The van der Waals surface area contributed by atoms with Gasteiger partial charge in [0.15, 0.2) is 11.6 Å². The molecule has 0 unspecified atom stereocenters. The minimum Gasteiger partial charge on any atom is -0.410 e. The van der Waals surface area contributed by atoms with E-state index >= 15 is 0 Å². The summed E-state index contributed by atoms with van der Waals surface area (Å²) in [5.41, 5.74) is 1.71. The van der Waals surface area contributed by atoms with Crippen LogP contribution in [0.3, 0.4) is 0 Å². The molecule has 0 amide bonds. The highest BCUT2D eigenvalue weighted by molar-refractivity contribution is 5.61. The van der Waals surface area contributed by atoms with E-state index in [-0.39, 0.29) is 0 Å². The Kier molecular flexibility index (Phi) is 2.53. The molecule has 0 bridgehead atoms. The molecule has 0 spiro atoms. The van der Waals surface area contributed by atoms with Crippen molar-refractivity contribution in [2.45, 2.75) is 0 Å². The summed E-state index contributed by atoms with van der Waals surface area (Å²) >= 11 is 0. The van der Waals surface area contributed by atoms with Crippen LogP contribution in [0.15, 0.2) is 60.7 Å². The molecular weight excluding hydrogens is 226 g/mol. The smallest absolute Gasteiger partial charge is 0.199 e. The van der Waals surface area contributed by atoms with Crippen molar-refractivity contribution in [3.63, 3.8) is 0 Å². The van der Waals surface area contributed by atoms with Gasteiger partial charge in [0.1, 0.15) is 0 Å². The van der Waals surface area contributed by atoms with E-state index < -0.39 is 0 Å². The summed E-state index contributed by atoms with van der Waals surface area (Å²) in [4.78, 5) is 5.17. The lowest BCUT2D eigenvalue weighted by atomic mass is 10.2. The van der Waals surface area contributed by atoms with Crippen molar-refractivity contribution in [1.82, 2.24) is 14.9 Å². The van der Waals surface area contributed by atoms with Gasteiger partial charge >= 0.3 is 0 Å². The van der Waals surface area contributed by atoms with Crippen LogP contribution in [-0.2, 0) is 0 Å². The summed E-state index contributed by atoms with van der Waals surface area (Å²) in [5.74, 6) is 0.950. The average molecular weight is 237 g/mol. The van der Waals surface area contributed by atoms with Crippen LogP contribution in [0.25, 0.3) is 22.8 Å². The average Bonchev–Trinajstić information content (AvgIpc) is 2.83. The maximum Gasteiger partial charge on any atom is 0.199 e. The second kappa shape index (κ2) is 4.33. The molecule has 18 heavy (non-hydrogen) atoms. The fraction of sp³-hybridized carbons (Fsp3) is 0. The van der Waals surface area contributed by atoms with E-state index in [1.165, 1.54) is 0 Å². The Balaban J connectivity index is 2.07. The summed E-state index contributed by atoms with van der Waals surface area (Å²) in [5, 5.41) is 13.8. The predicted octanol–water partition coefficient (Wildman–Crippen LogP) is 2.85. The molecule has 1 N–H and O–H groups in total. The fourth-order valence-corrected chi connectivity index (χ4v) is 1.78. The second-order valence-corrected chi connectivity index (χ2v) is 3.88. The van der Waals surface area contributed by atoms with Gasteiger partial charge in [-0.1, -0.05) is 65.5 Å². The third kappa shape index (κ3) is 1.84. The van der Waals surface area contributed by atoms with Crippen LogP contribution in [0.2, 0.25) is 0 Å². The van der Waals surface area contributed by atoms with Gasteiger partial charge in [0.05, 0.1) is 0 Å². The van der Waals surface area contributed by atoms with Gasteiger partial charge in [0, 0.05) is 11.1 Å². The molecule has 1 aromatic heterocycles. The zero-order valence-corrected chi connectivity index (χ0v) is 9.56. The van der Waals surface area contributed by atoms with E-state index in [0.717, 1.165) is 16.0 Å². The first kappa shape index (κ1) is 10.5. The zero-order valence-electron chi connectivity index (χ0n) is 9.56. The third-order valence-electron chi connectivity index (χ3n) is 2.65. The Hall–Kier alpha value is -2.62. The van der Waals surface area contributed by atoms with E-state index in [1.54, 1.807) is 0 Å². The van der Waals surface area contributed by atoms with Crippen molar-refractivity contribution in [2.24, 2.45) is 0 Å². The first-order valence-electron chi connectivity index (χ1n) is 5.62. The van der Waals surface area contributed by atoms with Crippen LogP contribution in [0.4, 0.5) is 0 Å². The summed E-state index contributed by atoms with van der Waals surface area (Å²) in [6.45, 7) is 0. The molecule has 0 aliphatic rings. The fourth-order valence-electron chi connectivity index (χ4n) is 1.78. The summed E-state index contributed by atoms with van der Waals surface area (Å²) in [6.07, 6.45) is 0. The first-order valence-corrected chi connectivity index (χ1v) is 5.62. The number of hydrogen-bond acceptors (Lipinski definition) is 3.